The van der Waals surface area contributed by atoms with Crippen LogP contribution in [0.5, 0.6) is 0 Å². The number of likely N-dealkylation sites (tertiary alicyclic amines) is 1. The fourth-order valence-electron chi connectivity index (χ4n) is 4.23. The van der Waals surface area contributed by atoms with Gasteiger partial charge in [-0.1, -0.05) is 65.8 Å². The molecule has 1 aliphatic heterocycles. The van der Waals surface area contributed by atoms with Gasteiger partial charge in [0.25, 0.3) is 0 Å². The van der Waals surface area contributed by atoms with E-state index < -0.39 is 12.1 Å². The maximum absolute atomic E-state index is 13.3. The Hall–Kier alpha value is -2.25. The topological polar surface area (TPSA) is 82.5 Å². The van der Waals surface area contributed by atoms with E-state index in [-0.39, 0.29) is 48.1 Å². The average Bonchev–Trinajstić information content (AvgIpc) is 3.35. The summed E-state index contributed by atoms with van der Waals surface area (Å²) >= 11 is 1.62. The van der Waals surface area contributed by atoms with E-state index in [4.69, 9.17) is 0 Å². The van der Waals surface area contributed by atoms with Crippen LogP contribution in [0.1, 0.15) is 65.3 Å². The highest BCUT2D eigenvalue weighted by molar-refractivity contribution is 7.13. The van der Waals surface area contributed by atoms with E-state index in [9.17, 15) is 14.7 Å². The molecule has 1 aliphatic rings. The number of aliphatic hydroxyl groups excluding tert-OH is 1. The van der Waals surface area contributed by atoms with E-state index in [0.717, 1.165) is 21.7 Å². The molecular weight excluding hydrogens is 434 g/mol. The quantitative estimate of drug-likeness (QED) is 0.646. The molecule has 33 heavy (non-hydrogen) atoms. The summed E-state index contributed by atoms with van der Waals surface area (Å²) in [5, 5.41) is 13.4. The Bertz CT molecular complexity index is 977. The Morgan fingerprint density at radius 3 is 2.33 bits per heavy atom. The van der Waals surface area contributed by atoms with Crippen LogP contribution in [0.2, 0.25) is 0 Å². The molecule has 4 atom stereocenters. The Labute approximate surface area is 201 Å². The van der Waals surface area contributed by atoms with Gasteiger partial charge in [-0.3, -0.25) is 9.59 Å². The monoisotopic (exact) mass is 471 g/mol. The lowest BCUT2D eigenvalue weighted by molar-refractivity contribution is -0.144. The van der Waals surface area contributed by atoms with Crippen LogP contribution >= 0.6 is 11.3 Å². The molecule has 0 radical (unpaired) electrons. The van der Waals surface area contributed by atoms with Crippen LogP contribution in [-0.4, -0.2) is 45.5 Å². The summed E-state index contributed by atoms with van der Waals surface area (Å²) in [4.78, 5) is 33.5. The van der Waals surface area contributed by atoms with E-state index in [2.05, 4.69) is 36.3 Å². The van der Waals surface area contributed by atoms with Crippen molar-refractivity contribution in [3.8, 4) is 10.4 Å². The number of aromatic nitrogens is 1. The van der Waals surface area contributed by atoms with Crippen molar-refractivity contribution in [1.82, 2.24) is 15.2 Å². The minimum Gasteiger partial charge on any atom is -0.391 e. The van der Waals surface area contributed by atoms with E-state index in [1.807, 2.05) is 52.3 Å². The van der Waals surface area contributed by atoms with Crippen LogP contribution in [-0.2, 0) is 9.59 Å². The number of carbonyl (C=O) groups excluding carboxylic acids is 2. The zero-order valence-electron chi connectivity index (χ0n) is 20.8. The van der Waals surface area contributed by atoms with Crippen LogP contribution in [0.15, 0.2) is 29.8 Å². The van der Waals surface area contributed by atoms with Gasteiger partial charge in [-0.05, 0) is 29.4 Å². The highest BCUT2D eigenvalue weighted by atomic mass is 32.1. The number of aliphatic hydroxyl groups is 1. The second-order valence-electron chi connectivity index (χ2n) is 10.6. The van der Waals surface area contributed by atoms with Crippen LogP contribution in [0, 0.1) is 24.2 Å². The fourth-order valence-corrected chi connectivity index (χ4v) is 5.04. The van der Waals surface area contributed by atoms with Crippen LogP contribution < -0.4 is 5.32 Å². The number of rotatable bonds is 6. The summed E-state index contributed by atoms with van der Waals surface area (Å²) in [7, 11) is 0. The largest absolute Gasteiger partial charge is 0.391 e. The molecule has 0 spiro atoms. The van der Waals surface area contributed by atoms with E-state index in [0.29, 0.717) is 0 Å². The van der Waals surface area contributed by atoms with Crippen LogP contribution in [0.4, 0.5) is 0 Å². The van der Waals surface area contributed by atoms with Gasteiger partial charge in [0.05, 0.1) is 28.2 Å². The Morgan fingerprint density at radius 2 is 1.82 bits per heavy atom. The molecular formula is C26H37N3O3S. The Kier molecular flexibility index (Phi) is 7.64. The number of amides is 2. The molecule has 6 nitrogen and oxygen atoms in total. The molecule has 1 saturated heterocycles. The molecule has 0 aliphatic carbocycles. The first kappa shape index (κ1) is 25.4. The van der Waals surface area contributed by atoms with Crippen molar-refractivity contribution in [1.29, 1.82) is 0 Å². The highest BCUT2D eigenvalue weighted by Crippen LogP contribution is 2.32. The molecule has 1 aromatic heterocycles. The number of thiazole rings is 1. The first-order valence-electron chi connectivity index (χ1n) is 11.7. The third-order valence-electron chi connectivity index (χ3n) is 6.78. The number of β-amino-alcohol motifs (C(OH)–C–C–N with tert-alkyl or cyclic N) is 1. The van der Waals surface area contributed by atoms with Gasteiger partial charge in [-0.2, -0.15) is 0 Å². The molecule has 3 rings (SSSR count). The van der Waals surface area contributed by atoms with Crippen molar-refractivity contribution < 1.29 is 14.7 Å². The van der Waals surface area contributed by atoms with Gasteiger partial charge in [-0.15, -0.1) is 11.3 Å². The molecule has 7 heteroatoms. The fraction of sp³-hybridized carbons (Fsp3) is 0.577. The number of nitrogens with zero attached hydrogens (tertiary/aromatic N) is 2. The van der Waals surface area contributed by atoms with Gasteiger partial charge < -0.3 is 15.3 Å². The van der Waals surface area contributed by atoms with Gasteiger partial charge in [0.2, 0.25) is 11.8 Å². The first-order valence-corrected chi connectivity index (χ1v) is 12.6. The summed E-state index contributed by atoms with van der Waals surface area (Å²) in [5.74, 6) is -0.373. The number of aryl methyl sites for hydroxylation is 1. The highest BCUT2D eigenvalue weighted by Gasteiger charge is 2.42. The van der Waals surface area contributed by atoms with E-state index in [1.54, 1.807) is 16.2 Å². The molecule has 2 heterocycles. The molecule has 0 saturated carbocycles. The maximum Gasteiger partial charge on any atom is 0.243 e. The molecule has 180 valence electrons. The standard InChI is InChI=1S/C26H37N3O3S/c1-15(2)22(18-8-10-19(11-9-18)23-17(4)27-14-33-23)28-24(31)21-12-20(30)13-29(21)25(32)16(3)26(5,6)7/h8-11,14-16,20-22,30H,12-13H2,1-7H3,(H,28,31)/t16-,20-,21+,22?/m1/s1. The lowest BCUT2D eigenvalue weighted by Gasteiger charge is -2.33. The minimum absolute atomic E-state index is 0.0791. The van der Waals surface area contributed by atoms with Crippen molar-refractivity contribution in [3.63, 3.8) is 0 Å². The zero-order valence-corrected chi connectivity index (χ0v) is 21.6. The van der Waals surface area contributed by atoms with Gasteiger partial charge in [0, 0.05) is 18.9 Å². The molecule has 0 bridgehead atoms. The van der Waals surface area contributed by atoms with Crippen molar-refractivity contribution in [2.24, 2.45) is 17.3 Å². The number of nitrogens with one attached hydrogen (secondary N) is 1. The smallest absolute Gasteiger partial charge is 0.243 e. The summed E-state index contributed by atoms with van der Waals surface area (Å²) in [6, 6.07) is 7.39. The van der Waals surface area contributed by atoms with Crippen molar-refractivity contribution in [2.45, 2.75) is 73.1 Å². The number of carbonyl (C=O) groups is 2. The SMILES string of the molecule is Cc1ncsc1-c1ccc(C(NC(=O)[C@@H]2C[C@@H](O)CN2C(=O)[C@@H](C)C(C)(C)C)C(C)C)cc1. The molecule has 1 unspecified atom stereocenters. The molecule has 2 amide bonds. The maximum atomic E-state index is 13.3. The third-order valence-corrected chi connectivity index (χ3v) is 7.75. The van der Waals surface area contributed by atoms with Crippen molar-refractivity contribution >= 4 is 23.2 Å². The van der Waals surface area contributed by atoms with E-state index >= 15 is 0 Å². The average molecular weight is 472 g/mol. The van der Waals surface area contributed by atoms with Crippen molar-refractivity contribution in [2.75, 3.05) is 6.54 Å². The summed E-state index contributed by atoms with van der Waals surface area (Å²) in [6.45, 7) is 14.3. The third kappa shape index (κ3) is 5.64. The summed E-state index contributed by atoms with van der Waals surface area (Å²) in [5.41, 5.74) is 4.77. The van der Waals surface area contributed by atoms with Gasteiger partial charge >= 0.3 is 0 Å². The predicted molar refractivity (Wildman–Crippen MR) is 133 cm³/mol. The normalized spacial score (nSPS) is 20.7. The van der Waals surface area contributed by atoms with E-state index in [1.165, 1.54) is 0 Å². The number of hydrogen-bond acceptors (Lipinski definition) is 5. The first-order chi connectivity index (χ1) is 15.4. The zero-order chi connectivity index (χ0) is 24.5. The lowest BCUT2D eigenvalue weighted by atomic mass is 9.81. The second kappa shape index (κ2) is 9.94. The number of benzene rings is 1. The Morgan fingerprint density at radius 1 is 1.18 bits per heavy atom. The van der Waals surface area contributed by atoms with Gasteiger partial charge in [0.15, 0.2) is 0 Å². The molecule has 1 fully saturated rings. The second-order valence-corrected chi connectivity index (χ2v) is 11.5. The van der Waals surface area contributed by atoms with Crippen LogP contribution in [0.3, 0.4) is 0 Å². The molecule has 2 N–H and O–H groups in total. The minimum atomic E-state index is -0.684. The van der Waals surface area contributed by atoms with Gasteiger partial charge in [0.1, 0.15) is 6.04 Å². The Balaban J connectivity index is 1.78. The summed E-state index contributed by atoms with van der Waals surface area (Å²) < 4.78 is 0. The van der Waals surface area contributed by atoms with Crippen LogP contribution in [0.25, 0.3) is 10.4 Å². The number of hydrogen-bond donors (Lipinski definition) is 2. The molecule has 1 aromatic carbocycles. The van der Waals surface area contributed by atoms with Gasteiger partial charge in [-0.25, -0.2) is 4.98 Å². The molecule has 2 aromatic rings. The summed E-state index contributed by atoms with van der Waals surface area (Å²) in [6.07, 6.45) is -0.417. The predicted octanol–water partition coefficient (Wildman–Crippen LogP) is 4.58. The lowest BCUT2D eigenvalue weighted by Crippen LogP contribution is -2.50. The van der Waals surface area contributed by atoms with Crippen molar-refractivity contribution in [3.05, 3.63) is 41.0 Å².